The Labute approximate surface area is 160 Å². The highest BCUT2D eigenvalue weighted by molar-refractivity contribution is 5.72. The van der Waals surface area contributed by atoms with Crippen LogP contribution in [0.2, 0.25) is 0 Å². The maximum absolute atomic E-state index is 9.44. The molecule has 1 heteroatoms. The first kappa shape index (κ1) is 26.9. The van der Waals surface area contributed by atoms with Crippen molar-refractivity contribution < 1.29 is 4.79 Å². The van der Waals surface area contributed by atoms with Gasteiger partial charge in [-0.05, 0) is 38.0 Å². The van der Waals surface area contributed by atoms with E-state index in [9.17, 15) is 4.79 Å². The molecule has 0 heterocycles. The summed E-state index contributed by atoms with van der Waals surface area (Å²) in [6.07, 6.45) is 18.9. The van der Waals surface area contributed by atoms with Crippen LogP contribution in [0.25, 0.3) is 0 Å². The fourth-order valence-corrected chi connectivity index (χ4v) is 3.18. The minimum Gasteiger partial charge on any atom is -0.300 e. The number of unbranched alkanes of at least 4 members (excludes halogenated alkanes) is 10. The van der Waals surface area contributed by atoms with Gasteiger partial charge in [0.05, 0.1) is 0 Å². The summed E-state index contributed by atoms with van der Waals surface area (Å²) in [6, 6.07) is 0. The van der Waals surface area contributed by atoms with E-state index in [1.165, 1.54) is 97.3 Å². The molecule has 0 rings (SSSR count). The molecule has 25 heavy (non-hydrogen) atoms. The number of rotatable bonds is 15. The van der Waals surface area contributed by atoms with Gasteiger partial charge in [-0.25, -0.2) is 0 Å². The molecule has 0 radical (unpaired) electrons. The molecule has 0 aromatic heterocycles. The van der Waals surface area contributed by atoms with Gasteiger partial charge in [0.25, 0.3) is 0 Å². The van der Waals surface area contributed by atoms with Crippen molar-refractivity contribution in [2.24, 2.45) is 17.8 Å². The van der Waals surface area contributed by atoms with E-state index < -0.39 is 0 Å². The smallest absolute Gasteiger partial charge is 0.126 e. The van der Waals surface area contributed by atoms with Gasteiger partial charge >= 0.3 is 0 Å². The first-order chi connectivity index (χ1) is 11.8. The number of Topliss-reactive ketones (excluding diaryl/α,β-unsaturated/α-hetero) is 1. The van der Waals surface area contributed by atoms with Crippen LogP contribution in [0.1, 0.15) is 132 Å². The zero-order chi connectivity index (χ0) is 19.5. The molecule has 152 valence electrons. The zero-order valence-corrected chi connectivity index (χ0v) is 18.8. The molecule has 0 aliphatic carbocycles. The molecule has 0 aliphatic rings. The molecule has 0 aromatic rings. The summed E-state index contributed by atoms with van der Waals surface area (Å²) >= 11 is 0. The Hall–Kier alpha value is -0.330. The average Bonchev–Trinajstić information content (AvgIpc) is 2.51. The normalized spacial score (nSPS) is 13.3. The van der Waals surface area contributed by atoms with Gasteiger partial charge in [0.15, 0.2) is 0 Å². The summed E-state index contributed by atoms with van der Waals surface area (Å²) < 4.78 is 0. The van der Waals surface area contributed by atoms with Crippen LogP contribution < -0.4 is 0 Å². The van der Waals surface area contributed by atoms with Gasteiger partial charge in [0.2, 0.25) is 0 Å². The van der Waals surface area contributed by atoms with Gasteiger partial charge < -0.3 is 4.79 Å². The molecule has 0 amide bonds. The average molecular weight is 355 g/mol. The third-order valence-electron chi connectivity index (χ3n) is 5.21. The molecule has 0 N–H and O–H groups in total. The summed E-state index contributed by atoms with van der Waals surface area (Å²) in [4.78, 5) is 9.44. The van der Waals surface area contributed by atoms with Crippen molar-refractivity contribution in [2.75, 3.05) is 0 Å². The minimum absolute atomic E-state index is 0.167. The standard InChI is InChI=1S/C21H44.C3H6O/c1-6-7-8-9-10-11-12-13-14-15-16-17-20(4)18-21(5)19(2)3;1-3(2)4/h19-21H,6-18H2,1-5H3;1-2H3/t20-,21?;/m0./s1. The molecular weight excluding hydrogens is 304 g/mol. The van der Waals surface area contributed by atoms with E-state index >= 15 is 0 Å². The van der Waals surface area contributed by atoms with Crippen molar-refractivity contribution in [1.29, 1.82) is 0 Å². The lowest BCUT2D eigenvalue weighted by molar-refractivity contribution is -0.114. The van der Waals surface area contributed by atoms with Crippen molar-refractivity contribution >= 4 is 5.78 Å². The molecule has 0 saturated heterocycles. The predicted molar refractivity (Wildman–Crippen MR) is 115 cm³/mol. The second kappa shape index (κ2) is 20.0. The topological polar surface area (TPSA) is 17.1 Å². The van der Waals surface area contributed by atoms with Crippen LogP contribution >= 0.6 is 0 Å². The minimum atomic E-state index is 0.167. The highest BCUT2D eigenvalue weighted by atomic mass is 16.1. The predicted octanol–water partition coefficient (Wildman–Crippen LogP) is 8.60. The van der Waals surface area contributed by atoms with Gasteiger partial charge in [-0.3, -0.25) is 0 Å². The molecule has 2 atom stereocenters. The number of ketones is 1. The molecule has 0 aromatic carbocycles. The van der Waals surface area contributed by atoms with E-state index in [4.69, 9.17) is 0 Å². The lowest BCUT2D eigenvalue weighted by atomic mass is 9.86. The summed E-state index contributed by atoms with van der Waals surface area (Å²) in [6.45, 7) is 14.9. The molecule has 1 nitrogen and oxygen atoms in total. The summed E-state index contributed by atoms with van der Waals surface area (Å²) in [5.74, 6) is 2.85. The van der Waals surface area contributed by atoms with Crippen LogP contribution in [0.5, 0.6) is 0 Å². The van der Waals surface area contributed by atoms with Crippen molar-refractivity contribution in [3.8, 4) is 0 Å². The molecule has 0 bridgehead atoms. The van der Waals surface area contributed by atoms with E-state index in [0.29, 0.717) is 0 Å². The Balaban J connectivity index is 0. The van der Waals surface area contributed by atoms with Crippen LogP contribution in [-0.4, -0.2) is 5.78 Å². The molecule has 1 unspecified atom stereocenters. The van der Waals surface area contributed by atoms with Crippen LogP contribution in [0.15, 0.2) is 0 Å². The largest absolute Gasteiger partial charge is 0.300 e. The second-order valence-electron chi connectivity index (χ2n) is 8.79. The lowest BCUT2D eigenvalue weighted by Gasteiger charge is -2.20. The number of carbonyl (C=O) groups is 1. The van der Waals surface area contributed by atoms with Gasteiger partial charge in [-0.15, -0.1) is 0 Å². The maximum atomic E-state index is 9.44. The number of carbonyl (C=O) groups excluding carboxylic acids is 1. The third kappa shape index (κ3) is 26.0. The fourth-order valence-electron chi connectivity index (χ4n) is 3.18. The first-order valence-electron chi connectivity index (χ1n) is 11.3. The molecule has 0 fully saturated rings. The SMILES string of the molecule is CC(C)=O.CCCCCCCCCCCCC[C@H](C)CC(C)C(C)C. The summed E-state index contributed by atoms with van der Waals surface area (Å²) in [5.41, 5.74) is 0. The monoisotopic (exact) mass is 354 g/mol. The quantitative estimate of drug-likeness (QED) is 0.269. The van der Waals surface area contributed by atoms with Crippen molar-refractivity contribution in [3.05, 3.63) is 0 Å². The molecule has 0 saturated carbocycles. The van der Waals surface area contributed by atoms with E-state index in [-0.39, 0.29) is 5.78 Å². The van der Waals surface area contributed by atoms with Crippen LogP contribution in [0, 0.1) is 17.8 Å². The summed E-state index contributed by atoms with van der Waals surface area (Å²) in [7, 11) is 0. The van der Waals surface area contributed by atoms with Crippen LogP contribution in [-0.2, 0) is 4.79 Å². The van der Waals surface area contributed by atoms with Crippen molar-refractivity contribution in [2.45, 2.75) is 132 Å². The van der Waals surface area contributed by atoms with E-state index in [0.717, 1.165) is 17.8 Å². The second-order valence-corrected chi connectivity index (χ2v) is 8.79. The Kier molecular flexibility index (Phi) is 21.5. The number of hydrogen-bond acceptors (Lipinski definition) is 1. The Bertz CT molecular complexity index is 265. The lowest BCUT2D eigenvalue weighted by Crippen LogP contribution is -2.09. The zero-order valence-electron chi connectivity index (χ0n) is 18.8. The van der Waals surface area contributed by atoms with E-state index in [1.54, 1.807) is 0 Å². The van der Waals surface area contributed by atoms with Crippen LogP contribution in [0.4, 0.5) is 0 Å². The fraction of sp³-hybridized carbons (Fsp3) is 0.958. The highest BCUT2D eigenvalue weighted by Crippen LogP contribution is 2.23. The molecule has 0 spiro atoms. The Morgan fingerprint density at radius 1 is 0.680 bits per heavy atom. The van der Waals surface area contributed by atoms with Gasteiger partial charge in [0.1, 0.15) is 5.78 Å². The van der Waals surface area contributed by atoms with Gasteiger partial charge in [-0.1, -0.05) is 112 Å². The van der Waals surface area contributed by atoms with E-state index in [2.05, 4.69) is 34.6 Å². The highest BCUT2D eigenvalue weighted by Gasteiger charge is 2.11. The third-order valence-corrected chi connectivity index (χ3v) is 5.21. The van der Waals surface area contributed by atoms with Crippen LogP contribution in [0.3, 0.4) is 0 Å². The molecule has 0 aliphatic heterocycles. The number of hydrogen-bond donors (Lipinski definition) is 0. The maximum Gasteiger partial charge on any atom is 0.126 e. The Morgan fingerprint density at radius 2 is 1.04 bits per heavy atom. The summed E-state index contributed by atoms with van der Waals surface area (Å²) in [5, 5.41) is 0. The van der Waals surface area contributed by atoms with Crippen molar-refractivity contribution in [3.63, 3.8) is 0 Å². The van der Waals surface area contributed by atoms with Gasteiger partial charge in [-0.2, -0.15) is 0 Å². The van der Waals surface area contributed by atoms with Gasteiger partial charge in [0, 0.05) is 0 Å². The van der Waals surface area contributed by atoms with Crippen molar-refractivity contribution in [1.82, 2.24) is 0 Å². The van der Waals surface area contributed by atoms with E-state index in [1.807, 2.05) is 0 Å². The first-order valence-corrected chi connectivity index (χ1v) is 11.3. The Morgan fingerprint density at radius 3 is 1.40 bits per heavy atom. The molecular formula is C24H50O.